The molecule has 0 aliphatic carbocycles. The maximum atomic E-state index is 12.3. The summed E-state index contributed by atoms with van der Waals surface area (Å²) in [6, 6.07) is 6.05. The normalized spacial score (nSPS) is 11.6. The first-order valence-corrected chi connectivity index (χ1v) is 8.19. The van der Waals surface area contributed by atoms with Gasteiger partial charge in [0.2, 0.25) is 0 Å². The average Bonchev–Trinajstić information content (AvgIpc) is 3.20. The molecule has 3 aromatic rings. The Morgan fingerprint density at radius 3 is 2.92 bits per heavy atom. The van der Waals surface area contributed by atoms with Gasteiger partial charge in [0.15, 0.2) is 10.5 Å². The zero-order valence-electron chi connectivity index (χ0n) is 13.2. The van der Waals surface area contributed by atoms with Gasteiger partial charge in [0.1, 0.15) is 0 Å². The van der Waals surface area contributed by atoms with Gasteiger partial charge in [-0.1, -0.05) is 17.3 Å². The molecule has 126 valence electrons. The number of hydrogen-bond acceptors (Lipinski definition) is 5. The van der Waals surface area contributed by atoms with Gasteiger partial charge in [-0.15, -0.1) is 6.42 Å². The number of carbonyl (C=O) groups excluding carboxylic acids is 1. The van der Waals surface area contributed by atoms with Gasteiger partial charge in [-0.25, -0.2) is 0 Å². The number of fused-ring (bicyclic) bond motifs is 1. The van der Waals surface area contributed by atoms with Crippen molar-refractivity contribution in [3.05, 3.63) is 51.1 Å². The number of rotatable bonds is 4. The van der Waals surface area contributed by atoms with Crippen LogP contribution >= 0.6 is 11.3 Å². The lowest BCUT2D eigenvalue weighted by Crippen LogP contribution is -2.16. The Labute approximate surface area is 146 Å². The lowest BCUT2D eigenvalue weighted by atomic mass is 10.3. The first-order valence-electron chi connectivity index (χ1n) is 7.37. The molecule has 9 heteroatoms. The molecule has 0 saturated heterocycles. The number of amides is 1. The zero-order valence-corrected chi connectivity index (χ0v) is 14.1. The molecule has 0 bridgehead atoms. The van der Waals surface area contributed by atoms with Gasteiger partial charge in [-0.2, -0.15) is 10.1 Å². The van der Waals surface area contributed by atoms with E-state index in [1.54, 1.807) is 27.6 Å². The molecular formula is C16H13N5O3S. The second kappa shape index (κ2) is 6.70. The van der Waals surface area contributed by atoms with Crippen molar-refractivity contribution in [1.82, 2.24) is 14.3 Å². The van der Waals surface area contributed by atoms with Crippen LogP contribution in [0, 0.1) is 22.5 Å². The Kier molecular flexibility index (Phi) is 4.45. The molecule has 3 rings (SSSR count). The Balaban J connectivity index is 2.13. The average molecular weight is 355 g/mol. The first-order chi connectivity index (χ1) is 12.0. The highest BCUT2D eigenvalue weighted by Gasteiger charge is 2.13. The maximum Gasteiger partial charge on any atom is 0.300 e. The highest BCUT2D eigenvalue weighted by molar-refractivity contribution is 7.16. The second-order valence-corrected chi connectivity index (χ2v) is 6.07. The highest BCUT2D eigenvalue weighted by Crippen LogP contribution is 2.23. The number of non-ortho nitro benzene ring substituents is 1. The third kappa shape index (κ3) is 3.20. The van der Waals surface area contributed by atoms with Crippen molar-refractivity contribution in [2.75, 3.05) is 0 Å². The predicted molar refractivity (Wildman–Crippen MR) is 93.1 cm³/mol. The molecule has 1 amide bonds. The third-order valence-corrected chi connectivity index (χ3v) is 4.55. The number of carbonyl (C=O) groups is 1. The van der Waals surface area contributed by atoms with E-state index < -0.39 is 10.8 Å². The van der Waals surface area contributed by atoms with Crippen molar-refractivity contribution in [2.24, 2.45) is 4.99 Å². The van der Waals surface area contributed by atoms with E-state index in [2.05, 4.69) is 16.0 Å². The summed E-state index contributed by atoms with van der Waals surface area (Å²) >= 11 is 1.17. The molecule has 1 aromatic carbocycles. The summed E-state index contributed by atoms with van der Waals surface area (Å²) in [7, 11) is 0. The van der Waals surface area contributed by atoms with Crippen molar-refractivity contribution in [2.45, 2.75) is 20.0 Å². The topological polar surface area (TPSA) is 95.3 Å². The largest absolute Gasteiger partial charge is 0.305 e. The Morgan fingerprint density at radius 2 is 2.28 bits per heavy atom. The van der Waals surface area contributed by atoms with Crippen molar-refractivity contribution in [3.63, 3.8) is 0 Å². The third-order valence-electron chi connectivity index (χ3n) is 3.51. The van der Waals surface area contributed by atoms with E-state index in [-0.39, 0.29) is 17.9 Å². The van der Waals surface area contributed by atoms with E-state index in [0.717, 1.165) is 0 Å². The Bertz CT molecular complexity index is 1080. The molecule has 0 radical (unpaired) electrons. The van der Waals surface area contributed by atoms with Gasteiger partial charge in [0, 0.05) is 24.9 Å². The quantitative estimate of drug-likeness (QED) is 0.407. The van der Waals surface area contributed by atoms with Crippen LogP contribution in [0.3, 0.4) is 0 Å². The van der Waals surface area contributed by atoms with Crippen LogP contribution in [0.25, 0.3) is 10.2 Å². The summed E-state index contributed by atoms with van der Waals surface area (Å²) in [5, 5.41) is 15.1. The minimum Gasteiger partial charge on any atom is -0.305 e. The fourth-order valence-corrected chi connectivity index (χ4v) is 3.36. The molecule has 0 N–H and O–H groups in total. The van der Waals surface area contributed by atoms with Gasteiger partial charge in [-0.05, 0) is 19.1 Å². The van der Waals surface area contributed by atoms with Crippen molar-refractivity contribution in [1.29, 1.82) is 0 Å². The van der Waals surface area contributed by atoms with E-state index in [4.69, 9.17) is 6.42 Å². The van der Waals surface area contributed by atoms with Gasteiger partial charge in [0.25, 0.3) is 11.6 Å². The van der Waals surface area contributed by atoms with Crippen molar-refractivity contribution < 1.29 is 9.72 Å². The van der Waals surface area contributed by atoms with Crippen molar-refractivity contribution >= 4 is 33.1 Å². The summed E-state index contributed by atoms with van der Waals surface area (Å²) < 4.78 is 3.94. The van der Waals surface area contributed by atoms with E-state index >= 15 is 0 Å². The van der Waals surface area contributed by atoms with Crippen molar-refractivity contribution in [3.8, 4) is 12.3 Å². The molecule has 25 heavy (non-hydrogen) atoms. The standard InChI is InChI=1S/C16H13N5O3S/c1-3-8-20-13-6-5-11(21(23)24)10-14(13)25-16(20)17-15(22)12-7-9-19(4-2)18-12/h1,5-7,9-10H,4,8H2,2H3. The predicted octanol–water partition coefficient (Wildman–Crippen LogP) is 2.20. The zero-order chi connectivity index (χ0) is 18.0. The SMILES string of the molecule is C#CCn1c(=NC(=O)c2ccn(CC)n2)sc2cc([N+](=O)[O-])ccc21. The van der Waals surface area contributed by atoms with Crippen LogP contribution in [-0.4, -0.2) is 25.2 Å². The molecule has 2 heterocycles. The van der Waals surface area contributed by atoms with E-state index in [9.17, 15) is 14.9 Å². The van der Waals surface area contributed by atoms with Crippen LogP contribution in [0.15, 0.2) is 35.5 Å². The number of nitro groups is 1. The maximum absolute atomic E-state index is 12.3. The molecule has 0 fully saturated rings. The molecule has 8 nitrogen and oxygen atoms in total. The number of terminal acetylenes is 1. The minimum atomic E-state index is -0.487. The lowest BCUT2D eigenvalue weighted by Gasteiger charge is -1.99. The molecule has 0 saturated carbocycles. The number of benzene rings is 1. The van der Waals surface area contributed by atoms with Crippen LogP contribution < -0.4 is 4.80 Å². The van der Waals surface area contributed by atoms with Crippen LogP contribution in [0.5, 0.6) is 0 Å². The van der Waals surface area contributed by atoms with Crippen LogP contribution in [0.2, 0.25) is 0 Å². The monoisotopic (exact) mass is 355 g/mol. The molecule has 0 aliphatic heterocycles. The lowest BCUT2D eigenvalue weighted by molar-refractivity contribution is -0.384. The Hall–Kier alpha value is -3.25. The van der Waals surface area contributed by atoms with E-state index in [1.165, 1.54) is 23.5 Å². The molecule has 0 unspecified atom stereocenters. The summed E-state index contributed by atoms with van der Waals surface area (Å²) in [5.74, 6) is 2.02. The Morgan fingerprint density at radius 1 is 1.48 bits per heavy atom. The number of nitro benzene ring substituents is 1. The molecule has 0 aliphatic rings. The van der Waals surface area contributed by atoms with Gasteiger partial charge >= 0.3 is 0 Å². The number of aryl methyl sites for hydroxylation is 1. The molecular weight excluding hydrogens is 342 g/mol. The number of nitrogens with zero attached hydrogens (tertiary/aromatic N) is 5. The molecule has 0 spiro atoms. The van der Waals surface area contributed by atoms with Gasteiger partial charge < -0.3 is 4.57 Å². The fourth-order valence-electron chi connectivity index (χ4n) is 2.30. The number of hydrogen-bond donors (Lipinski definition) is 0. The summed E-state index contributed by atoms with van der Waals surface area (Å²) in [6.45, 7) is 2.77. The summed E-state index contributed by atoms with van der Waals surface area (Å²) in [6.07, 6.45) is 7.11. The van der Waals surface area contributed by atoms with E-state index in [0.29, 0.717) is 21.6 Å². The summed E-state index contributed by atoms with van der Waals surface area (Å²) in [4.78, 5) is 27.3. The number of aromatic nitrogens is 3. The first kappa shape index (κ1) is 16.6. The minimum absolute atomic E-state index is 0.0267. The van der Waals surface area contributed by atoms with Crippen LogP contribution in [0.1, 0.15) is 17.4 Å². The second-order valence-electron chi connectivity index (χ2n) is 5.06. The number of thiazole rings is 1. The van der Waals surface area contributed by atoms with Gasteiger partial charge in [-0.3, -0.25) is 19.6 Å². The van der Waals surface area contributed by atoms with Gasteiger partial charge in [0.05, 0.1) is 21.7 Å². The summed E-state index contributed by atoms with van der Waals surface area (Å²) in [5.41, 5.74) is 0.901. The highest BCUT2D eigenvalue weighted by atomic mass is 32.1. The van der Waals surface area contributed by atoms with Crippen LogP contribution in [-0.2, 0) is 13.1 Å². The fraction of sp³-hybridized carbons (Fsp3) is 0.188. The molecule has 0 atom stereocenters. The van der Waals surface area contributed by atoms with E-state index in [1.807, 2.05) is 6.92 Å². The molecule has 2 aromatic heterocycles. The van der Waals surface area contributed by atoms with Crippen LogP contribution in [0.4, 0.5) is 5.69 Å². The smallest absolute Gasteiger partial charge is 0.300 e.